The first-order valence-corrected chi connectivity index (χ1v) is 8.08. The molecular formula is C14H15Br2FO. The van der Waals surface area contributed by atoms with E-state index < -0.39 is 0 Å². The molecule has 0 bridgehead atoms. The van der Waals surface area contributed by atoms with Gasteiger partial charge in [-0.1, -0.05) is 44.7 Å². The molecule has 2 saturated carbocycles. The predicted molar refractivity (Wildman–Crippen MR) is 76.7 cm³/mol. The number of ether oxygens (including phenoxy) is 1. The van der Waals surface area contributed by atoms with Crippen molar-refractivity contribution in [2.75, 3.05) is 0 Å². The van der Waals surface area contributed by atoms with Crippen LogP contribution in [0.25, 0.3) is 0 Å². The molecule has 2 aliphatic rings. The van der Waals surface area contributed by atoms with Crippen molar-refractivity contribution < 1.29 is 9.13 Å². The highest BCUT2D eigenvalue weighted by Gasteiger charge is 2.56. The van der Waals surface area contributed by atoms with Gasteiger partial charge in [0.15, 0.2) is 11.6 Å². The van der Waals surface area contributed by atoms with Crippen LogP contribution in [-0.2, 0) is 0 Å². The molecule has 2 atom stereocenters. The fraction of sp³-hybridized carbons (Fsp3) is 0.571. The molecule has 0 radical (unpaired) electrons. The molecule has 0 amide bonds. The number of rotatable bonds is 2. The summed E-state index contributed by atoms with van der Waals surface area (Å²) < 4.78 is 20.5. The second kappa shape index (κ2) is 4.78. The second-order valence-electron chi connectivity index (χ2n) is 5.32. The van der Waals surface area contributed by atoms with E-state index in [2.05, 4.69) is 31.9 Å². The van der Waals surface area contributed by atoms with Crippen molar-refractivity contribution in [3.8, 4) is 5.75 Å². The van der Waals surface area contributed by atoms with Crippen molar-refractivity contribution in [1.82, 2.24) is 0 Å². The van der Waals surface area contributed by atoms with Crippen LogP contribution in [0.15, 0.2) is 22.7 Å². The van der Waals surface area contributed by atoms with Crippen LogP contribution >= 0.6 is 31.9 Å². The Labute approximate surface area is 123 Å². The summed E-state index contributed by atoms with van der Waals surface area (Å²) in [5.74, 6) is 0.101. The van der Waals surface area contributed by atoms with E-state index >= 15 is 0 Å². The van der Waals surface area contributed by atoms with E-state index in [1.807, 2.05) is 0 Å². The Hall–Kier alpha value is -0.0900. The standard InChI is InChI=1S/C14H15Br2FO/c15-9-3-4-10(17)11(7-9)18-13-8-12(16)14(13)5-1-2-6-14/h3-4,7,12-13H,1-2,5-6,8H2. The monoisotopic (exact) mass is 376 g/mol. The molecule has 1 spiro atoms. The van der Waals surface area contributed by atoms with Crippen molar-refractivity contribution >= 4 is 31.9 Å². The summed E-state index contributed by atoms with van der Waals surface area (Å²) in [6.45, 7) is 0. The minimum Gasteiger partial charge on any atom is -0.487 e. The van der Waals surface area contributed by atoms with Crippen molar-refractivity contribution in [3.05, 3.63) is 28.5 Å². The largest absolute Gasteiger partial charge is 0.487 e. The molecule has 98 valence electrons. The molecule has 0 aliphatic heterocycles. The van der Waals surface area contributed by atoms with Gasteiger partial charge in [-0.2, -0.15) is 0 Å². The molecular weight excluding hydrogens is 363 g/mol. The van der Waals surface area contributed by atoms with Crippen molar-refractivity contribution in [2.24, 2.45) is 5.41 Å². The molecule has 0 saturated heterocycles. The summed E-state index contributed by atoms with van der Waals surface area (Å²) in [5.41, 5.74) is 0.245. The normalized spacial score (nSPS) is 29.3. The molecule has 0 N–H and O–H groups in total. The zero-order valence-corrected chi connectivity index (χ0v) is 13.1. The van der Waals surface area contributed by atoms with E-state index in [0.29, 0.717) is 10.6 Å². The zero-order valence-electron chi connectivity index (χ0n) is 9.96. The summed E-state index contributed by atoms with van der Waals surface area (Å²) in [7, 11) is 0. The number of hydrogen-bond acceptors (Lipinski definition) is 1. The van der Waals surface area contributed by atoms with Crippen LogP contribution < -0.4 is 4.74 Å². The minimum absolute atomic E-state index is 0.160. The van der Waals surface area contributed by atoms with E-state index in [9.17, 15) is 4.39 Å². The lowest BCUT2D eigenvalue weighted by atomic mass is 9.64. The highest BCUT2D eigenvalue weighted by molar-refractivity contribution is 9.10. The van der Waals surface area contributed by atoms with E-state index in [1.165, 1.54) is 31.7 Å². The summed E-state index contributed by atoms with van der Waals surface area (Å²) in [5, 5.41) is 0. The summed E-state index contributed by atoms with van der Waals surface area (Å²) in [6.07, 6.45) is 6.07. The first-order chi connectivity index (χ1) is 8.62. The maximum absolute atomic E-state index is 13.7. The van der Waals surface area contributed by atoms with Gasteiger partial charge < -0.3 is 4.74 Å². The lowest BCUT2D eigenvalue weighted by Crippen LogP contribution is -2.55. The van der Waals surface area contributed by atoms with E-state index in [-0.39, 0.29) is 17.3 Å². The summed E-state index contributed by atoms with van der Waals surface area (Å²) in [6, 6.07) is 4.87. The van der Waals surface area contributed by atoms with Crippen molar-refractivity contribution in [1.29, 1.82) is 0 Å². The summed E-state index contributed by atoms with van der Waals surface area (Å²) >= 11 is 7.11. The van der Waals surface area contributed by atoms with Gasteiger partial charge in [-0.3, -0.25) is 0 Å². The van der Waals surface area contributed by atoms with E-state index in [4.69, 9.17) is 4.74 Å². The lowest BCUT2D eigenvalue weighted by molar-refractivity contribution is -0.0324. The van der Waals surface area contributed by atoms with Crippen LogP contribution in [-0.4, -0.2) is 10.9 Å². The van der Waals surface area contributed by atoms with E-state index in [1.54, 1.807) is 12.1 Å². The predicted octanol–water partition coefficient (Wildman–Crippen LogP) is 5.06. The van der Waals surface area contributed by atoms with Gasteiger partial charge in [-0.25, -0.2) is 4.39 Å². The van der Waals surface area contributed by atoms with Gasteiger partial charge in [0.2, 0.25) is 0 Å². The Morgan fingerprint density at radius 2 is 2.00 bits per heavy atom. The van der Waals surface area contributed by atoms with Gasteiger partial charge in [0.1, 0.15) is 6.10 Å². The Bertz CT molecular complexity index is 457. The SMILES string of the molecule is Fc1ccc(Br)cc1OC1CC(Br)C12CCCC2. The molecule has 2 aliphatic carbocycles. The van der Waals surface area contributed by atoms with Crippen molar-refractivity contribution in [2.45, 2.75) is 43.0 Å². The molecule has 4 heteroatoms. The molecule has 0 heterocycles. The lowest BCUT2D eigenvalue weighted by Gasteiger charge is -2.51. The maximum atomic E-state index is 13.7. The molecule has 1 nitrogen and oxygen atoms in total. The van der Waals surface area contributed by atoms with E-state index in [0.717, 1.165) is 10.9 Å². The molecule has 1 aromatic carbocycles. The average Bonchev–Trinajstić information content (AvgIpc) is 2.85. The Morgan fingerprint density at radius 1 is 1.28 bits per heavy atom. The molecule has 0 aromatic heterocycles. The van der Waals surface area contributed by atoms with Gasteiger partial charge in [0.25, 0.3) is 0 Å². The van der Waals surface area contributed by atoms with Crippen LogP contribution in [0.3, 0.4) is 0 Å². The van der Waals surface area contributed by atoms with Crippen LogP contribution in [0.5, 0.6) is 5.75 Å². The Balaban J connectivity index is 1.79. The highest BCUT2D eigenvalue weighted by Crippen LogP contribution is 2.57. The fourth-order valence-electron chi connectivity index (χ4n) is 3.25. The molecule has 3 rings (SSSR count). The summed E-state index contributed by atoms with van der Waals surface area (Å²) in [4.78, 5) is 0.535. The second-order valence-corrected chi connectivity index (χ2v) is 7.35. The van der Waals surface area contributed by atoms with Gasteiger partial charge in [0, 0.05) is 14.7 Å². The molecule has 2 unspecified atom stereocenters. The van der Waals surface area contributed by atoms with Crippen LogP contribution in [0, 0.1) is 11.2 Å². The Kier molecular flexibility index (Phi) is 3.43. The Morgan fingerprint density at radius 3 is 2.67 bits per heavy atom. The number of halogens is 3. The third kappa shape index (κ3) is 2.01. The third-order valence-electron chi connectivity index (χ3n) is 4.38. The van der Waals surface area contributed by atoms with Gasteiger partial charge in [-0.15, -0.1) is 0 Å². The fourth-order valence-corrected chi connectivity index (χ4v) is 4.69. The highest BCUT2D eigenvalue weighted by atomic mass is 79.9. The maximum Gasteiger partial charge on any atom is 0.165 e. The first kappa shape index (κ1) is 12.9. The number of benzene rings is 1. The van der Waals surface area contributed by atoms with Gasteiger partial charge in [0.05, 0.1) is 0 Å². The van der Waals surface area contributed by atoms with Crippen molar-refractivity contribution in [3.63, 3.8) is 0 Å². The van der Waals surface area contributed by atoms with Gasteiger partial charge in [-0.05, 0) is 37.5 Å². The first-order valence-electron chi connectivity index (χ1n) is 6.37. The quantitative estimate of drug-likeness (QED) is 0.654. The van der Waals surface area contributed by atoms with Crippen LogP contribution in [0.2, 0.25) is 0 Å². The third-order valence-corrected chi connectivity index (χ3v) is 6.16. The average molecular weight is 378 g/mol. The minimum atomic E-state index is -0.274. The van der Waals surface area contributed by atoms with Gasteiger partial charge >= 0.3 is 0 Å². The topological polar surface area (TPSA) is 9.23 Å². The molecule has 1 aromatic rings. The van der Waals surface area contributed by atoms with Crippen LogP contribution in [0.4, 0.5) is 4.39 Å². The smallest absolute Gasteiger partial charge is 0.165 e. The number of alkyl halides is 1. The molecule has 18 heavy (non-hydrogen) atoms. The van der Waals surface area contributed by atoms with Crippen LogP contribution in [0.1, 0.15) is 32.1 Å². The number of hydrogen-bond donors (Lipinski definition) is 0. The zero-order chi connectivity index (χ0) is 12.8. The molecule has 2 fully saturated rings.